The first-order valence-electron chi connectivity index (χ1n) is 7.40. The Labute approximate surface area is 132 Å². The van der Waals surface area contributed by atoms with Crippen LogP contribution in [0.2, 0.25) is 5.02 Å². The third-order valence-corrected chi connectivity index (χ3v) is 3.85. The summed E-state index contributed by atoms with van der Waals surface area (Å²) in [5, 5.41) is 4.43. The van der Waals surface area contributed by atoms with Gasteiger partial charge in [-0.15, -0.1) is 0 Å². The van der Waals surface area contributed by atoms with Crippen LogP contribution in [0.5, 0.6) is 0 Å². The van der Waals surface area contributed by atoms with Crippen molar-refractivity contribution in [2.45, 2.75) is 25.8 Å². The van der Waals surface area contributed by atoms with Gasteiger partial charge in [-0.2, -0.15) is 0 Å². The number of nitrogens with one attached hydrogen (secondary N) is 1. The van der Waals surface area contributed by atoms with Crippen LogP contribution in [0, 0.1) is 0 Å². The summed E-state index contributed by atoms with van der Waals surface area (Å²) in [7, 11) is 4.04. The fourth-order valence-corrected chi connectivity index (χ4v) is 2.91. The summed E-state index contributed by atoms with van der Waals surface area (Å²) < 4.78 is 0. The van der Waals surface area contributed by atoms with Crippen LogP contribution in [0.25, 0.3) is 0 Å². The lowest BCUT2D eigenvalue weighted by Crippen LogP contribution is -2.16. The fraction of sp³-hybridized carbons (Fsp3) is 0.333. The van der Waals surface area contributed by atoms with E-state index in [0.717, 1.165) is 29.2 Å². The molecule has 1 atom stereocenters. The maximum absolute atomic E-state index is 6.35. The van der Waals surface area contributed by atoms with Crippen LogP contribution in [0.3, 0.4) is 0 Å². The molecule has 0 fully saturated rings. The van der Waals surface area contributed by atoms with Crippen molar-refractivity contribution in [3.63, 3.8) is 0 Å². The number of rotatable bonds is 6. The Morgan fingerprint density at radius 3 is 2.38 bits per heavy atom. The van der Waals surface area contributed by atoms with E-state index in [2.05, 4.69) is 53.5 Å². The highest BCUT2D eigenvalue weighted by molar-refractivity contribution is 6.34. The minimum atomic E-state index is 0.299. The Kier molecular flexibility index (Phi) is 5.51. The van der Waals surface area contributed by atoms with Crippen molar-refractivity contribution in [1.82, 2.24) is 0 Å². The lowest BCUT2D eigenvalue weighted by Gasteiger charge is -2.25. The molecule has 0 radical (unpaired) electrons. The molecule has 2 aromatic carbocycles. The Hall–Kier alpha value is -1.67. The quantitative estimate of drug-likeness (QED) is 0.773. The van der Waals surface area contributed by atoms with Gasteiger partial charge in [-0.1, -0.05) is 61.3 Å². The number of hydrogen-bond donors (Lipinski definition) is 1. The van der Waals surface area contributed by atoms with Crippen molar-refractivity contribution in [2.75, 3.05) is 24.3 Å². The first-order chi connectivity index (χ1) is 10.1. The maximum atomic E-state index is 6.35. The normalized spacial score (nSPS) is 12.0. The van der Waals surface area contributed by atoms with Gasteiger partial charge in [-0.05, 0) is 24.1 Å². The molecule has 3 heteroatoms. The average molecular weight is 303 g/mol. The van der Waals surface area contributed by atoms with Crippen LogP contribution in [0.1, 0.15) is 31.4 Å². The molecule has 1 N–H and O–H groups in total. The number of para-hydroxylation sites is 1. The molecule has 0 aromatic heterocycles. The van der Waals surface area contributed by atoms with E-state index in [1.807, 2.05) is 26.2 Å². The van der Waals surface area contributed by atoms with E-state index in [1.165, 1.54) is 5.56 Å². The lowest BCUT2D eigenvalue weighted by atomic mass is 10.0. The lowest BCUT2D eigenvalue weighted by molar-refractivity contribution is 0.677. The van der Waals surface area contributed by atoms with Crippen LogP contribution < -0.4 is 10.2 Å². The molecule has 0 aliphatic heterocycles. The predicted molar refractivity (Wildman–Crippen MR) is 93.5 cm³/mol. The fourth-order valence-electron chi connectivity index (χ4n) is 2.57. The topological polar surface area (TPSA) is 15.3 Å². The monoisotopic (exact) mass is 302 g/mol. The summed E-state index contributed by atoms with van der Waals surface area (Å²) in [4.78, 5) is 2.05. The number of benzene rings is 2. The van der Waals surface area contributed by atoms with Gasteiger partial charge < -0.3 is 10.2 Å². The summed E-state index contributed by atoms with van der Waals surface area (Å²) in [6.45, 7) is 2.21. The molecular weight excluding hydrogens is 280 g/mol. The second kappa shape index (κ2) is 7.37. The molecule has 0 aliphatic rings. The van der Waals surface area contributed by atoms with E-state index in [1.54, 1.807) is 0 Å². The highest BCUT2D eigenvalue weighted by Gasteiger charge is 2.14. The zero-order valence-corrected chi connectivity index (χ0v) is 13.7. The van der Waals surface area contributed by atoms with Gasteiger partial charge in [0.2, 0.25) is 0 Å². The highest BCUT2D eigenvalue weighted by atomic mass is 35.5. The second-order valence-corrected chi connectivity index (χ2v) is 5.83. The van der Waals surface area contributed by atoms with Gasteiger partial charge >= 0.3 is 0 Å². The molecule has 0 saturated carbocycles. The first-order valence-corrected chi connectivity index (χ1v) is 7.78. The van der Waals surface area contributed by atoms with E-state index in [-0.39, 0.29) is 0 Å². The average Bonchev–Trinajstić information content (AvgIpc) is 2.47. The molecule has 0 bridgehead atoms. The molecule has 0 heterocycles. The predicted octanol–water partition coefficient (Wildman–Crippen LogP) is 5.36. The highest BCUT2D eigenvalue weighted by Crippen LogP contribution is 2.35. The van der Waals surface area contributed by atoms with E-state index < -0.39 is 0 Å². The molecule has 112 valence electrons. The van der Waals surface area contributed by atoms with Gasteiger partial charge in [-0.25, -0.2) is 0 Å². The largest absolute Gasteiger partial charge is 0.377 e. The molecule has 1 unspecified atom stereocenters. The number of halogens is 1. The summed E-state index contributed by atoms with van der Waals surface area (Å²) >= 11 is 6.35. The minimum absolute atomic E-state index is 0.299. The van der Waals surface area contributed by atoms with Gasteiger partial charge in [0.15, 0.2) is 0 Å². The third kappa shape index (κ3) is 3.92. The molecule has 2 rings (SSSR count). The van der Waals surface area contributed by atoms with Crippen LogP contribution in [0.4, 0.5) is 11.4 Å². The van der Waals surface area contributed by atoms with Crippen molar-refractivity contribution in [2.24, 2.45) is 0 Å². The maximum Gasteiger partial charge on any atom is 0.0786 e. The smallest absolute Gasteiger partial charge is 0.0786 e. The molecule has 0 spiro atoms. The molecule has 0 saturated heterocycles. The third-order valence-electron chi connectivity index (χ3n) is 3.54. The number of nitrogens with zero attached hydrogens (tertiary/aromatic N) is 1. The Bertz CT molecular complexity index is 567. The zero-order chi connectivity index (χ0) is 15.2. The van der Waals surface area contributed by atoms with Crippen LogP contribution in [-0.2, 0) is 0 Å². The molecule has 2 aromatic rings. The van der Waals surface area contributed by atoms with Crippen molar-refractivity contribution >= 4 is 23.0 Å². The van der Waals surface area contributed by atoms with Gasteiger partial charge in [-0.3, -0.25) is 0 Å². The summed E-state index contributed by atoms with van der Waals surface area (Å²) in [6.07, 6.45) is 2.22. The molecule has 2 nitrogen and oxygen atoms in total. The molecule has 21 heavy (non-hydrogen) atoms. The van der Waals surface area contributed by atoms with Crippen LogP contribution in [-0.4, -0.2) is 14.1 Å². The van der Waals surface area contributed by atoms with Crippen molar-refractivity contribution < 1.29 is 0 Å². The van der Waals surface area contributed by atoms with Gasteiger partial charge in [0.05, 0.1) is 22.4 Å². The van der Waals surface area contributed by atoms with Crippen molar-refractivity contribution in [3.05, 3.63) is 59.1 Å². The van der Waals surface area contributed by atoms with Crippen LogP contribution >= 0.6 is 11.6 Å². The van der Waals surface area contributed by atoms with Gasteiger partial charge in [0.25, 0.3) is 0 Å². The van der Waals surface area contributed by atoms with Crippen molar-refractivity contribution in [1.29, 1.82) is 0 Å². The zero-order valence-electron chi connectivity index (χ0n) is 12.9. The summed E-state index contributed by atoms with van der Waals surface area (Å²) in [6, 6.07) is 16.9. The molecule has 0 aliphatic carbocycles. The SMILES string of the molecule is CCCC(Nc1cccc(Cl)c1N(C)C)c1ccccc1. The second-order valence-electron chi connectivity index (χ2n) is 5.43. The van der Waals surface area contributed by atoms with Gasteiger partial charge in [0.1, 0.15) is 0 Å². The van der Waals surface area contributed by atoms with E-state index in [0.29, 0.717) is 6.04 Å². The Balaban J connectivity index is 2.32. The summed E-state index contributed by atoms with van der Waals surface area (Å²) in [5.41, 5.74) is 3.43. The van der Waals surface area contributed by atoms with E-state index in [9.17, 15) is 0 Å². The van der Waals surface area contributed by atoms with E-state index in [4.69, 9.17) is 11.6 Å². The molecular formula is C18H23ClN2. The Morgan fingerprint density at radius 1 is 1.05 bits per heavy atom. The van der Waals surface area contributed by atoms with Gasteiger partial charge in [0, 0.05) is 14.1 Å². The number of anilines is 2. The number of hydrogen-bond acceptors (Lipinski definition) is 2. The standard InChI is InChI=1S/C18H23ClN2/c1-4-9-16(14-10-6-5-7-11-14)20-17-13-8-12-15(19)18(17)21(2)3/h5-8,10-13,16,20H,4,9H2,1-3H3. The Morgan fingerprint density at radius 2 is 1.76 bits per heavy atom. The molecule has 0 amide bonds. The van der Waals surface area contributed by atoms with E-state index >= 15 is 0 Å². The van der Waals surface area contributed by atoms with Crippen molar-refractivity contribution in [3.8, 4) is 0 Å². The summed E-state index contributed by atoms with van der Waals surface area (Å²) in [5.74, 6) is 0. The first kappa shape index (κ1) is 15.7. The van der Waals surface area contributed by atoms with Crippen LogP contribution in [0.15, 0.2) is 48.5 Å². The minimum Gasteiger partial charge on any atom is -0.377 e.